The van der Waals surface area contributed by atoms with Crippen LogP contribution in [-0.2, 0) is 11.3 Å². The van der Waals surface area contributed by atoms with Gasteiger partial charge in [-0.25, -0.2) is 4.68 Å². The van der Waals surface area contributed by atoms with E-state index < -0.39 is 0 Å². The lowest BCUT2D eigenvalue weighted by Crippen LogP contribution is -2.10. The van der Waals surface area contributed by atoms with E-state index in [9.17, 15) is 0 Å². The first kappa shape index (κ1) is 16.0. The fraction of sp³-hybridized carbons (Fsp3) is 0.462. The molecular formula is C13H17Cl2N5O. The number of nitrogens with two attached hydrogens (primary N) is 1. The van der Waals surface area contributed by atoms with Crippen LogP contribution in [0, 0.1) is 0 Å². The molecule has 0 unspecified atom stereocenters. The minimum absolute atomic E-state index is 0.375. The highest BCUT2D eigenvalue weighted by Crippen LogP contribution is 2.34. The van der Waals surface area contributed by atoms with Crippen LogP contribution in [0.2, 0.25) is 10.0 Å². The standard InChI is InChI=1S/C13H17Cl2N5O/c1-2-3-5-21-6-4-20-13(17-18-19-20)10-7-9(16)8-11(14)12(10)15/h7-8H,2-6,16H2,1H3. The molecule has 2 rings (SSSR count). The van der Waals surface area contributed by atoms with Crippen LogP contribution in [-0.4, -0.2) is 33.4 Å². The summed E-state index contributed by atoms with van der Waals surface area (Å²) in [5, 5.41) is 12.4. The Balaban J connectivity index is 2.13. The van der Waals surface area contributed by atoms with Gasteiger partial charge in [-0.1, -0.05) is 36.5 Å². The number of rotatable bonds is 7. The Hall–Kier alpha value is -1.37. The lowest BCUT2D eigenvalue weighted by Gasteiger charge is -2.08. The van der Waals surface area contributed by atoms with E-state index in [-0.39, 0.29) is 0 Å². The van der Waals surface area contributed by atoms with Crippen LogP contribution in [0.25, 0.3) is 11.4 Å². The van der Waals surface area contributed by atoms with Gasteiger partial charge in [0.05, 0.1) is 23.2 Å². The van der Waals surface area contributed by atoms with Crippen molar-refractivity contribution in [2.45, 2.75) is 26.3 Å². The zero-order valence-corrected chi connectivity index (χ0v) is 13.2. The van der Waals surface area contributed by atoms with Crippen LogP contribution in [0.3, 0.4) is 0 Å². The first-order valence-corrected chi connectivity index (χ1v) is 7.48. The quantitative estimate of drug-likeness (QED) is 0.623. The average Bonchev–Trinajstić information content (AvgIpc) is 2.91. The molecule has 0 bridgehead atoms. The summed E-state index contributed by atoms with van der Waals surface area (Å²) < 4.78 is 7.14. The van der Waals surface area contributed by atoms with Gasteiger partial charge in [-0.15, -0.1) is 5.10 Å². The number of anilines is 1. The highest BCUT2D eigenvalue weighted by molar-refractivity contribution is 6.43. The lowest BCUT2D eigenvalue weighted by atomic mass is 10.2. The van der Waals surface area contributed by atoms with E-state index in [2.05, 4.69) is 22.4 Å². The van der Waals surface area contributed by atoms with Gasteiger partial charge in [0.2, 0.25) is 0 Å². The number of tetrazole rings is 1. The van der Waals surface area contributed by atoms with Gasteiger partial charge in [0, 0.05) is 17.9 Å². The number of hydrogen-bond donors (Lipinski definition) is 1. The minimum Gasteiger partial charge on any atom is -0.399 e. The van der Waals surface area contributed by atoms with Crippen molar-refractivity contribution < 1.29 is 4.74 Å². The molecule has 0 saturated heterocycles. The van der Waals surface area contributed by atoms with Crippen molar-refractivity contribution in [2.24, 2.45) is 0 Å². The largest absolute Gasteiger partial charge is 0.399 e. The van der Waals surface area contributed by atoms with Crippen molar-refractivity contribution in [3.63, 3.8) is 0 Å². The molecule has 0 aliphatic heterocycles. The molecule has 0 atom stereocenters. The molecule has 0 saturated carbocycles. The fourth-order valence-electron chi connectivity index (χ4n) is 1.82. The van der Waals surface area contributed by atoms with E-state index in [1.54, 1.807) is 16.8 Å². The lowest BCUT2D eigenvalue weighted by molar-refractivity contribution is 0.121. The third kappa shape index (κ3) is 4.06. The van der Waals surface area contributed by atoms with Crippen LogP contribution in [0.4, 0.5) is 5.69 Å². The number of hydrogen-bond acceptors (Lipinski definition) is 5. The van der Waals surface area contributed by atoms with Crippen LogP contribution in [0.1, 0.15) is 19.8 Å². The molecule has 6 nitrogen and oxygen atoms in total. The van der Waals surface area contributed by atoms with Crippen LogP contribution >= 0.6 is 23.2 Å². The SMILES string of the molecule is CCCCOCCn1nnnc1-c1cc(N)cc(Cl)c1Cl. The molecule has 0 amide bonds. The number of nitrogen functional groups attached to an aromatic ring is 1. The summed E-state index contributed by atoms with van der Waals surface area (Å²) in [5.41, 5.74) is 6.91. The predicted octanol–water partition coefficient (Wildman–Crippen LogP) is 3.05. The number of halogens is 2. The first-order chi connectivity index (χ1) is 10.1. The Labute approximate surface area is 133 Å². The summed E-state index contributed by atoms with van der Waals surface area (Å²) in [6.45, 7) is 3.92. The Morgan fingerprint density at radius 3 is 2.86 bits per heavy atom. The summed E-state index contributed by atoms with van der Waals surface area (Å²) in [6, 6.07) is 3.30. The van der Waals surface area contributed by atoms with E-state index in [0.717, 1.165) is 19.4 Å². The van der Waals surface area contributed by atoms with Crippen molar-refractivity contribution in [2.75, 3.05) is 18.9 Å². The average molecular weight is 330 g/mol. The number of ether oxygens (including phenoxy) is 1. The summed E-state index contributed by atoms with van der Waals surface area (Å²) in [5.74, 6) is 0.522. The summed E-state index contributed by atoms with van der Waals surface area (Å²) in [4.78, 5) is 0. The van der Waals surface area contributed by atoms with Crippen LogP contribution in [0.5, 0.6) is 0 Å². The number of nitrogens with zero attached hydrogens (tertiary/aromatic N) is 4. The second kappa shape index (κ2) is 7.59. The first-order valence-electron chi connectivity index (χ1n) is 6.72. The smallest absolute Gasteiger partial charge is 0.183 e. The zero-order valence-electron chi connectivity index (χ0n) is 11.7. The van der Waals surface area contributed by atoms with E-state index in [0.29, 0.717) is 40.3 Å². The topological polar surface area (TPSA) is 78.8 Å². The molecule has 0 aliphatic carbocycles. The molecule has 1 heterocycles. The molecule has 0 spiro atoms. The molecule has 2 N–H and O–H groups in total. The highest BCUT2D eigenvalue weighted by Gasteiger charge is 2.15. The second-order valence-electron chi connectivity index (χ2n) is 4.56. The Morgan fingerprint density at radius 1 is 1.29 bits per heavy atom. The van der Waals surface area contributed by atoms with Gasteiger partial charge < -0.3 is 10.5 Å². The van der Waals surface area contributed by atoms with Crippen molar-refractivity contribution in [3.05, 3.63) is 22.2 Å². The van der Waals surface area contributed by atoms with Gasteiger partial charge in [-0.3, -0.25) is 0 Å². The summed E-state index contributed by atoms with van der Waals surface area (Å²) in [7, 11) is 0. The van der Waals surface area contributed by atoms with Gasteiger partial charge in [-0.05, 0) is 29.0 Å². The van der Waals surface area contributed by atoms with E-state index in [1.807, 2.05) is 0 Å². The molecular weight excluding hydrogens is 313 g/mol. The van der Waals surface area contributed by atoms with Gasteiger partial charge in [0.1, 0.15) is 0 Å². The molecule has 114 valence electrons. The van der Waals surface area contributed by atoms with E-state index in [1.165, 1.54) is 0 Å². The Morgan fingerprint density at radius 2 is 2.10 bits per heavy atom. The Kier molecular flexibility index (Phi) is 5.78. The molecule has 1 aromatic heterocycles. The molecule has 2 aromatic rings. The van der Waals surface area contributed by atoms with Gasteiger partial charge >= 0.3 is 0 Å². The molecule has 21 heavy (non-hydrogen) atoms. The molecule has 8 heteroatoms. The Bertz CT molecular complexity index is 602. The number of benzene rings is 1. The van der Waals surface area contributed by atoms with Crippen LogP contribution in [0.15, 0.2) is 12.1 Å². The summed E-state index contributed by atoms with van der Waals surface area (Å²) >= 11 is 12.2. The minimum atomic E-state index is 0.375. The van der Waals surface area contributed by atoms with Crippen LogP contribution < -0.4 is 5.73 Å². The summed E-state index contributed by atoms with van der Waals surface area (Å²) in [6.07, 6.45) is 2.15. The molecule has 0 fully saturated rings. The predicted molar refractivity (Wildman–Crippen MR) is 83.4 cm³/mol. The van der Waals surface area contributed by atoms with E-state index in [4.69, 9.17) is 33.7 Å². The van der Waals surface area contributed by atoms with Crippen molar-refractivity contribution in [3.8, 4) is 11.4 Å². The second-order valence-corrected chi connectivity index (χ2v) is 5.34. The highest BCUT2D eigenvalue weighted by atomic mass is 35.5. The normalized spacial score (nSPS) is 11.0. The van der Waals surface area contributed by atoms with Gasteiger partial charge in [-0.2, -0.15) is 0 Å². The van der Waals surface area contributed by atoms with Crippen molar-refractivity contribution >= 4 is 28.9 Å². The maximum Gasteiger partial charge on any atom is 0.183 e. The maximum absolute atomic E-state index is 6.20. The molecule has 1 aromatic carbocycles. The molecule has 0 aliphatic rings. The fourth-order valence-corrected chi connectivity index (χ4v) is 2.24. The van der Waals surface area contributed by atoms with E-state index >= 15 is 0 Å². The maximum atomic E-state index is 6.20. The molecule has 0 radical (unpaired) electrons. The van der Waals surface area contributed by atoms with Gasteiger partial charge in [0.15, 0.2) is 5.82 Å². The number of unbranched alkanes of at least 4 members (excludes halogenated alkanes) is 1. The third-order valence-corrected chi connectivity index (χ3v) is 3.72. The van der Waals surface area contributed by atoms with Gasteiger partial charge in [0.25, 0.3) is 0 Å². The number of aromatic nitrogens is 4. The van der Waals surface area contributed by atoms with Crippen molar-refractivity contribution in [1.82, 2.24) is 20.2 Å². The monoisotopic (exact) mass is 329 g/mol. The zero-order chi connectivity index (χ0) is 15.2. The third-order valence-electron chi connectivity index (χ3n) is 2.91. The van der Waals surface area contributed by atoms with Crippen molar-refractivity contribution in [1.29, 1.82) is 0 Å².